The van der Waals surface area contributed by atoms with Gasteiger partial charge in [0.15, 0.2) is 0 Å². The lowest BCUT2D eigenvalue weighted by Crippen LogP contribution is -2.44. The molecule has 0 saturated carbocycles. The van der Waals surface area contributed by atoms with Crippen LogP contribution in [0.5, 0.6) is 0 Å². The fourth-order valence-corrected chi connectivity index (χ4v) is 2.68. The molecule has 124 valence electrons. The summed E-state index contributed by atoms with van der Waals surface area (Å²) in [6.45, 7) is 6.06. The van der Waals surface area contributed by atoms with Crippen LogP contribution in [0.1, 0.15) is 25.7 Å². The number of anilines is 2. The Morgan fingerprint density at radius 1 is 1.14 bits per heavy atom. The number of aromatic nitrogens is 2. The quantitative estimate of drug-likeness (QED) is 0.728. The predicted octanol–water partition coefficient (Wildman–Crippen LogP) is 1.18. The highest BCUT2D eigenvalue weighted by Gasteiger charge is 2.16. The van der Waals surface area contributed by atoms with Gasteiger partial charge in [0, 0.05) is 46.0 Å². The van der Waals surface area contributed by atoms with Gasteiger partial charge in [-0.1, -0.05) is 12.8 Å². The summed E-state index contributed by atoms with van der Waals surface area (Å²) in [5.74, 6) is 1.88. The highest BCUT2D eigenvalue weighted by atomic mass is 15.3. The topological polar surface area (TPSA) is 61.5 Å². The van der Waals surface area contributed by atoms with Crippen LogP contribution < -0.4 is 15.5 Å². The van der Waals surface area contributed by atoms with Gasteiger partial charge < -0.3 is 20.4 Å². The van der Waals surface area contributed by atoms with Gasteiger partial charge in [0.1, 0.15) is 5.82 Å². The summed E-state index contributed by atoms with van der Waals surface area (Å²) in [7, 11) is 4.24. The third-order valence-electron chi connectivity index (χ3n) is 4.24. The van der Waals surface area contributed by atoms with Crippen molar-refractivity contribution in [2.75, 3.05) is 63.2 Å². The van der Waals surface area contributed by atoms with E-state index < -0.39 is 0 Å². The van der Waals surface area contributed by atoms with E-state index >= 15 is 0 Å². The van der Waals surface area contributed by atoms with Gasteiger partial charge in [-0.15, -0.1) is 0 Å². The lowest BCUT2D eigenvalue weighted by atomic mass is 10.2. The van der Waals surface area contributed by atoms with Crippen molar-refractivity contribution in [3.05, 3.63) is 12.3 Å². The molecule has 1 aliphatic heterocycles. The van der Waals surface area contributed by atoms with Crippen LogP contribution in [0.4, 0.5) is 11.8 Å². The lowest BCUT2D eigenvalue weighted by molar-refractivity contribution is 0.312. The van der Waals surface area contributed by atoms with Gasteiger partial charge in [0.25, 0.3) is 0 Å². The fourth-order valence-electron chi connectivity index (χ4n) is 2.68. The molecule has 0 spiro atoms. The molecule has 6 heteroatoms. The largest absolute Gasteiger partial charge is 0.354 e. The van der Waals surface area contributed by atoms with Gasteiger partial charge in [-0.25, -0.2) is 4.98 Å². The van der Waals surface area contributed by atoms with E-state index in [1.807, 2.05) is 12.3 Å². The normalized spacial score (nSPS) is 16.0. The van der Waals surface area contributed by atoms with Crippen molar-refractivity contribution >= 4 is 11.8 Å². The highest BCUT2D eigenvalue weighted by molar-refractivity contribution is 5.43. The molecule has 0 bridgehead atoms. The second-order valence-corrected chi connectivity index (χ2v) is 6.13. The van der Waals surface area contributed by atoms with E-state index in [-0.39, 0.29) is 0 Å². The molecule has 0 aliphatic carbocycles. The van der Waals surface area contributed by atoms with E-state index in [2.05, 4.69) is 33.8 Å². The molecule has 6 nitrogen and oxygen atoms in total. The van der Waals surface area contributed by atoms with Crippen LogP contribution in [0.2, 0.25) is 0 Å². The van der Waals surface area contributed by atoms with Crippen molar-refractivity contribution in [3.63, 3.8) is 0 Å². The summed E-state index contributed by atoms with van der Waals surface area (Å²) in [5, 5.41) is 0. The Hall–Kier alpha value is -1.40. The summed E-state index contributed by atoms with van der Waals surface area (Å²) in [6, 6.07) is 2.02. The van der Waals surface area contributed by atoms with E-state index in [0.717, 1.165) is 57.5 Å². The van der Waals surface area contributed by atoms with Crippen LogP contribution in [0.25, 0.3) is 0 Å². The van der Waals surface area contributed by atoms with Crippen LogP contribution >= 0.6 is 0 Å². The van der Waals surface area contributed by atoms with Gasteiger partial charge in [0.2, 0.25) is 5.95 Å². The third-order valence-corrected chi connectivity index (χ3v) is 4.24. The molecular formula is C16H30N6. The summed E-state index contributed by atoms with van der Waals surface area (Å²) < 4.78 is 0. The number of hydrogen-bond donors (Lipinski definition) is 1. The Morgan fingerprint density at radius 2 is 1.86 bits per heavy atom. The van der Waals surface area contributed by atoms with Crippen LogP contribution in [0.15, 0.2) is 12.3 Å². The van der Waals surface area contributed by atoms with Crippen LogP contribution in [-0.4, -0.2) is 68.2 Å². The van der Waals surface area contributed by atoms with Gasteiger partial charge >= 0.3 is 0 Å². The van der Waals surface area contributed by atoms with Crippen LogP contribution in [0, 0.1) is 0 Å². The molecule has 2 N–H and O–H groups in total. The Morgan fingerprint density at radius 3 is 2.59 bits per heavy atom. The Kier molecular flexibility index (Phi) is 6.86. The summed E-state index contributed by atoms with van der Waals surface area (Å²) >= 11 is 0. The number of hydrogen-bond acceptors (Lipinski definition) is 6. The number of nitrogens with two attached hydrogens (primary N) is 1. The molecule has 0 atom stereocenters. The van der Waals surface area contributed by atoms with Crippen molar-refractivity contribution in [2.24, 2.45) is 5.73 Å². The molecular weight excluding hydrogens is 276 g/mol. The minimum Gasteiger partial charge on any atom is -0.354 e. The molecule has 1 aliphatic rings. The molecule has 0 aromatic carbocycles. The number of nitrogens with zero attached hydrogens (tertiary/aromatic N) is 5. The smallest absolute Gasteiger partial charge is 0.226 e. The van der Waals surface area contributed by atoms with Gasteiger partial charge in [-0.2, -0.15) is 4.98 Å². The van der Waals surface area contributed by atoms with Gasteiger partial charge in [-0.3, -0.25) is 0 Å². The molecule has 0 radical (unpaired) electrons. The van der Waals surface area contributed by atoms with Crippen LogP contribution in [-0.2, 0) is 0 Å². The lowest BCUT2D eigenvalue weighted by Gasteiger charge is -2.33. The Labute approximate surface area is 134 Å². The molecule has 1 fully saturated rings. The first-order valence-electron chi connectivity index (χ1n) is 8.38. The zero-order chi connectivity index (χ0) is 15.8. The molecule has 22 heavy (non-hydrogen) atoms. The number of unbranched alkanes of at least 4 members (excludes halogenated alkanes) is 3. The second kappa shape index (κ2) is 8.90. The maximum Gasteiger partial charge on any atom is 0.226 e. The molecule has 1 aromatic heterocycles. The minimum atomic E-state index is 0.798. The first-order valence-corrected chi connectivity index (χ1v) is 8.38. The maximum absolute atomic E-state index is 5.52. The van der Waals surface area contributed by atoms with Crippen molar-refractivity contribution in [2.45, 2.75) is 25.7 Å². The monoisotopic (exact) mass is 306 g/mol. The molecule has 1 aromatic rings. The maximum atomic E-state index is 5.52. The first kappa shape index (κ1) is 17.0. The van der Waals surface area contributed by atoms with Crippen molar-refractivity contribution in [1.29, 1.82) is 0 Å². The summed E-state index contributed by atoms with van der Waals surface area (Å²) in [5.41, 5.74) is 5.52. The van der Waals surface area contributed by atoms with Crippen molar-refractivity contribution in [3.8, 4) is 0 Å². The Bertz CT molecular complexity index is 430. The second-order valence-electron chi connectivity index (χ2n) is 6.13. The molecule has 0 unspecified atom stereocenters. The fraction of sp³-hybridized carbons (Fsp3) is 0.750. The van der Waals surface area contributed by atoms with Crippen LogP contribution in [0.3, 0.4) is 0 Å². The predicted molar refractivity (Wildman–Crippen MR) is 92.5 cm³/mol. The average Bonchev–Trinajstić information content (AvgIpc) is 2.55. The van der Waals surface area contributed by atoms with Crippen molar-refractivity contribution in [1.82, 2.24) is 14.9 Å². The standard InChI is InChI=1S/C16H30N6/c1-20-11-13-22(14-12-20)15-7-9-18-16(19-15)21(2)10-6-4-3-5-8-17/h7,9H,3-6,8,10-14,17H2,1-2H3. The highest BCUT2D eigenvalue weighted by Crippen LogP contribution is 2.16. The average molecular weight is 306 g/mol. The van der Waals surface area contributed by atoms with Crippen molar-refractivity contribution < 1.29 is 0 Å². The summed E-state index contributed by atoms with van der Waals surface area (Å²) in [6.07, 6.45) is 6.60. The number of piperazine rings is 1. The summed E-state index contributed by atoms with van der Waals surface area (Å²) in [4.78, 5) is 16.0. The SMILES string of the molecule is CN1CCN(c2ccnc(N(C)CCCCCCN)n2)CC1. The van der Waals surface area contributed by atoms with Gasteiger partial charge in [-0.05, 0) is 32.5 Å². The minimum absolute atomic E-state index is 0.798. The number of rotatable bonds is 8. The molecule has 2 rings (SSSR count). The molecule has 1 saturated heterocycles. The van der Waals surface area contributed by atoms with E-state index in [1.54, 1.807) is 0 Å². The van der Waals surface area contributed by atoms with E-state index in [9.17, 15) is 0 Å². The number of likely N-dealkylation sites (N-methyl/N-ethyl adjacent to an activating group) is 1. The Balaban J connectivity index is 1.85. The molecule has 0 amide bonds. The first-order chi connectivity index (χ1) is 10.7. The zero-order valence-corrected chi connectivity index (χ0v) is 14.0. The molecule has 2 heterocycles. The van der Waals surface area contributed by atoms with E-state index in [0.29, 0.717) is 0 Å². The van der Waals surface area contributed by atoms with E-state index in [1.165, 1.54) is 19.3 Å². The van der Waals surface area contributed by atoms with E-state index in [4.69, 9.17) is 10.7 Å². The zero-order valence-electron chi connectivity index (χ0n) is 14.0. The van der Waals surface area contributed by atoms with Gasteiger partial charge in [0.05, 0.1) is 0 Å². The third kappa shape index (κ3) is 5.10.